The van der Waals surface area contributed by atoms with E-state index in [9.17, 15) is 0 Å². The molecule has 0 aliphatic carbocycles. The molecule has 0 amide bonds. The predicted octanol–water partition coefficient (Wildman–Crippen LogP) is -0.240. The van der Waals surface area contributed by atoms with Gasteiger partial charge in [0.25, 0.3) is 0 Å². The fraction of sp³-hybridized carbons (Fsp3) is 0. The minimum absolute atomic E-state index is 0. The fourth-order valence-electron chi connectivity index (χ4n) is 0. The molecule has 0 atom stereocenters. The molecule has 0 saturated carbocycles. The first-order valence-electron chi connectivity index (χ1n) is 0. The maximum Gasteiger partial charge on any atom is 3.00 e. The molecule has 0 unspecified atom stereocenters. The van der Waals surface area contributed by atoms with Crippen LogP contribution in [0.1, 0.15) is 0 Å². The van der Waals surface area contributed by atoms with E-state index < -0.39 is 0 Å². The summed E-state index contributed by atoms with van der Waals surface area (Å²) < 4.78 is 0. The summed E-state index contributed by atoms with van der Waals surface area (Å²) in [4.78, 5) is 0. The molecular formula is La2O2S. The van der Waals surface area contributed by atoms with Crippen molar-refractivity contribution in [3.05, 3.63) is 0 Å². The average molecular weight is 342 g/mol. The van der Waals surface area contributed by atoms with E-state index in [2.05, 4.69) is 0 Å². The smallest absolute Gasteiger partial charge is 2.00 e. The van der Waals surface area contributed by atoms with Gasteiger partial charge in [-0.2, -0.15) is 0 Å². The van der Waals surface area contributed by atoms with Gasteiger partial charge in [-0.15, -0.1) is 0 Å². The van der Waals surface area contributed by atoms with Gasteiger partial charge in [-0.05, 0) is 0 Å². The molecule has 0 rings (SSSR count). The van der Waals surface area contributed by atoms with Crippen molar-refractivity contribution in [3.63, 3.8) is 0 Å². The van der Waals surface area contributed by atoms with Crippen LogP contribution in [0.3, 0.4) is 0 Å². The number of rotatable bonds is 0. The van der Waals surface area contributed by atoms with Crippen molar-refractivity contribution in [1.29, 1.82) is 0 Å². The van der Waals surface area contributed by atoms with E-state index in [4.69, 9.17) is 0 Å². The minimum Gasteiger partial charge on any atom is -2.00 e. The molecule has 0 aliphatic heterocycles. The van der Waals surface area contributed by atoms with Crippen molar-refractivity contribution in [1.82, 2.24) is 0 Å². The molecule has 0 aromatic carbocycles. The van der Waals surface area contributed by atoms with Gasteiger partial charge in [0.15, 0.2) is 0 Å². The maximum atomic E-state index is 0. The van der Waals surface area contributed by atoms with E-state index >= 15 is 0 Å². The van der Waals surface area contributed by atoms with Crippen molar-refractivity contribution in [2.24, 2.45) is 0 Å². The Morgan fingerprint density at radius 3 is 0.600 bits per heavy atom. The Morgan fingerprint density at radius 2 is 0.600 bits per heavy atom. The Kier molecular flexibility index (Phi) is 290. The van der Waals surface area contributed by atoms with Crippen molar-refractivity contribution < 1.29 is 82.2 Å². The third kappa shape index (κ3) is 20.4. The van der Waals surface area contributed by atoms with E-state index in [-0.39, 0.29) is 95.6 Å². The number of hydrogen-bond donors (Lipinski definition) is 0. The van der Waals surface area contributed by atoms with E-state index in [0.29, 0.717) is 0 Å². The van der Waals surface area contributed by atoms with E-state index in [1.54, 1.807) is 0 Å². The summed E-state index contributed by atoms with van der Waals surface area (Å²) in [5.74, 6) is 0. The van der Waals surface area contributed by atoms with Crippen molar-refractivity contribution >= 4 is 13.5 Å². The molecule has 2 nitrogen and oxygen atoms in total. The normalized spacial score (nSPS) is 0. The van der Waals surface area contributed by atoms with Crippen LogP contribution < -0.4 is 0 Å². The predicted molar refractivity (Wildman–Crippen MR) is 8.74 cm³/mol. The van der Waals surface area contributed by atoms with Gasteiger partial charge in [-0.1, -0.05) is 0 Å². The SMILES string of the molecule is [La+3].[La+3].[O-2].[O-2].[S-2]. The quantitative estimate of drug-likeness (QED) is 0.584. The van der Waals surface area contributed by atoms with Crippen molar-refractivity contribution in [2.75, 3.05) is 0 Å². The third-order valence-corrected chi connectivity index (χ3v) is 0. The van der Waals surface area contributed by atoms with Crippen LogP contribution in [-0.2, 0) is 24.4 Å². The third-order valence-electron chi connectivity index (χ3n) is 0. The average Bonchev–Trinajstić information content (AvgIpc) is 0. The molecule has 0 aromatic rings. The summed E-state index contributed by atoms with van der Waals surface area (Å²) in [6, 6.07) is 0. The first kappa shape index (κ1) is 48.0. The van der Waals surface area contributed by atoms with Gasteiger partial charge in [0, 0.05) is 0 Å². The molecule has 0 saturated heterocycles. The second-order valence-corrected chi connectivity index (χ2v) is 0. The van der Waals surface area contributed by atoms with Crippen molar-refractivity contribution in [2.45, 2.75) is 0 Å². The van der Waals surface area contributed by atoms with Crippen LogP contribution >= 0.6 is 0 Å². The van der Waals surface area contributed by atoms with Gasteiger partial charge < -0.3 is 24.4 Å². The van der Waals surface area contributed by atoms with Crippen LogP contribution in [0.15, 0.2) is 0 Å². The molecule has 0 aromatic heterocycles. The van der Waals surface area contributed by atoms with Crippen LogP contribution in [0.25, 0.3) is 0 Å². The molecular weight excluding hydrogens is 342 g/mol. The monoisotopic (exact) mass is 342 g/mol. The summed E-state index contributed by atoms with van der Waals surface area (Å²) in [5, 5.41) is 0. The first-order chi connectivity index (χ1) is 0. The van der Waals surface area contributed by atoms with Gasteiger partial charge in [-0.25, -0.2) is 0 Å². The summed E-state index contributed by atoms with van der Waals surface area (Å²) in [6.07, 6.45) is 0. The molecule has 5 heavy (non-hydrogen) atoms. The zero-order valence-electron chi connectivity index (χ0n) is 2.38. The molecule has 0 aliphatic rings. The van der Waals surface area contributed by atoms with Gasteiger partial charge in [-0.3, -0.25) is 0 Å². The first-order valence-corrected chi connectivity index (χ1v) is 0. The minimum atomic E-state index is 0. The molecule has 0 N–H and O–H groups in total. The zero-order chi connectivity index (χ0) is 0. The molecule has 0 heterocycles. The maximum absolute atomic E-state index is 0. The molecule has 0 radical (unpaired) electrons. The Bertz CT molecular complexity index is 7.61. The van der Waals surface area contributed by atoms with Gasteiger partial charge >= 0.3 is 71.2 Å². The molecule has 0 spiro atoms. The Labute approximate surface area is 93.7 Å². The van der Waals surface area contributed by atoms with Crippen LogP contribution in [-0.4, -0.2) is 0 Å². The Morgan fingerprint density at radius 1 is 0.600 bits per heavy atom. The second-order valence-electron chi connectivity index (χ2n) is 0. The van der Waals surface area contributed by atoms with Crippen molar-refractivity contribution in [3.8, 4) is 0 Å². The van der Waals surface area contributed by atoms with E-state index in [1.807, 2.05) is 0 Å². The Balaban J connectivity index is 0. The molecule has 0 bridgehead atoms. The van der Waals surface area contributed by atoms with Gasteiger partial charge in [0.05, 0.1) is 0 Å². The Hall–Kier alpha value is 2.66. The van der Waals surface area contributed by atoms with E-state index in [0.717, 1.165) is 0 Å². The van der Waals surface area contributed by atoms with Crippen LogP contribution in [0.2, 0.25) is 0 Å². The van der Waals surface area contributed by atoms with Crippen LogP contribution in [0.5, 0.6) is 0 Å². The van der Waals surface area contributed by atoms with Crippen LogP contribution in [0, 0.1) is 71.2 Å². The van der Waals surface area contributed by atoms with Gasteiger partial charge in [0.2, 0.25) is 0 Å². The standard InChI is InChI=1S/2La.2O.S/q2*+3;3*-2. The topological polar surface area (TPSA) is 57.0 Å². The fourth-order valence-corrected chi connectivity index (χ4v) is 0. The summed E-state index contributed by atoms with van der Waals surface area (Å²) in [5.41, 5.74) is 0. The van der Waals surface area contributed by atoms with Gasteiger partial charge in [0.1, 0.15) is 0 Å². The molecule has 5 heteroatoms. The summed E-state index contributed by atoms with van der Waals surface area (Å²) in [7, 11) is 0. The van der Waals surface area contributed by atoms with Crippen LogP contribution in [0.4, 0.5) is 0 Å². The number of hydrogen-bond acceptors (Lipinski definition) is 0. The largest absolute Gasteiger partial charge is 3.00 e. The second kappa shape index (κ2) is 30.2. The molecule has 0 fully saturated rings. The van der Waals surface area contributed by atoms with E-state index in [1.165, 1.54) is 0 Å². The molecule has 24 valence electrons. The zero-order valence-corrected chi connectivity index (χ0v) is 10.4. The summed E-state index contributed by atoms with van der Waals surface area (Å²) >= 11 is 0. The summed E-state index contributed by atoms with van der Waals surface area (Å²) in [6.45, 7) is 0.